The van der Waals surface area contributed by atoms with Crippen LogP contribution in [-0.4, -0.2) is 64.4 Å². The maximum absolute atomic E-state index is 12.0. The number of aryl methyl sites for hydroxylation is 1. The Morgan fingerprint density at radius 2 is 2.15 bits per heavy atom. The van der Waals surface area contributed by atoms with E-state index in [4.69, 9.17) is 4.74 Å². The molecule has 1 aliphatic rings. The highest BCUT2D eigenvalue weighted by molar-refractivity contribution is 5.90. The van der Waals surface area contributed by atoms with Crippen LogP contribution in [-0.2, 0) is 11.2 Å². The Balaban J connectivity index is 1.88. The van der Waals surface area contributed by atoms with E-state index in [0.717, 1.165) is 38.5 Å². The van der Waals surface area contributed by atoms with Crippen molar-refractivity contribution >= 4 is 5.91 Å². The SMILES string of the molecule is CCc1nc(C(=O)NCC(C)(C)N2CCOCC2)n[nH]1. The third-order valence-electron chi connectivity index (χ3n) is 3.62. The number of rotatable bonds is 5. The van der Waals surface area contributed by atoms with Crippen LogP contribution in [0, 0.1) is 0 Å². The van der Waals surface area contributed by atoms with Gasteiger partial charge in [-0.25, -0.2) is 4.98 Å². The number of hydrogen-bond acceptors (Lipinski definition) is 5. The average molecular weight is 281 g/mol. The van der Waals surface area contributed by atoms with Crippen LogP contribution in [0.15, 0.2) is 0 Å². The van der Waals surface area contributed by atoms with Gasteiger partial charge in [0.1, 0.15) is 5.82 Å². The second-order valence-corrected chi connectivity index (χ2v) is 5.55. The molecule has 0 aliphatic carbocycles. The molecular weight excluding hydrogens is 258 g/mol. The van der Waals surface area contributed by atoms with Gasteiger partial charge in [0.2, 0.25) is 5.82 Å². The Morgan fingerprint density at radius 3 is 2.75 bits per heavy atom. The molecule has 2 heterocycles. The summed E-state index contributed by atoms with van der Waals surface area (Å²) in [5.74, 6) is 0.699. The number of ether oxygens (including phenoxy) is 1. The van der Waals surface area contributed by atoms with Crippen molar-refractivity contribution in [2.75, 3.05) is 32.8 Å². The van der Waals surface area contributed by atoms with E-state index in [0.29, 0.717) is 6.54 Å². The van der Waals surface area contributed by atoms with Crippen LogP contribution in [0.5, 0.6) is 0 Å². The topological polar surface area (TPSA) is 83.1 Å². The molecule has 1 amide bonds. The van der Waals surface area contributed by atoms with Crippen molar-refractivity contribution in [2.24, 2.45) is 0 Å². The molecule has 0 unspecified atom stereocenters. The van der Waals surface area contributed by atoms with Gasteiger partial charge in [0, 0.05) is 31.6 Å². The van der Waals surface area contributed by atoms with Gasteiger partial charge in [0.15, 0.2) is 0 Å². The molecule has 2 N–H and O–H groups in total. The molecule has 20 heavy (non-hydrogen) atoms. The number of carbonyl (C=O) groups excluding carboxylic acids is 1. The number of nitrogens with zero attached hydrogens (tertiary/aromatic N) is 3. The monoisotopic (exact) mass is 281 g/mol. The van der Waals surface area contributed by atoms with Crippen molar-refractivity contribution in [3.05, 3.63) is 11.6 Å². The molecule has 0 saturated carbocycles. The predicted octanol–water partition coefficient (Wildman–Crippen LogP) is 0.208. The highest BCUT2D eigenvalue weighted by Gasteiger charge is 2.29. The number of nitrogens with one attached hydrogen (secondary N) is 2. The van der Waals surface area contributed by atoms with Gasteiger partial charge in [0.25, 0.3) is 5.91 Å². The molecule has 0 aromatic carbocycles. The first-order chi connectivity index (χ1) is 9.53. The zero-order chi connectivity index (χ0) is 14.6. The summed E-state index contributed by atoms with van der Waals surface area (Å²) < 4.78 is 5.35. The largest absolute Gasteiger partial charge is 0.379 e. The number of aromatic amines is 1. The first kappa shape index (κ1) is 14.9. The van der Waals surface area contributed by atoms with Gasteiger partial charge in [-0.15, -0.1) is 5.10 Å². The molecule has 0 spiro atoms. The lowest BCUT2D eigenvalue weighted by Crippen LogP contribution is -2.55. The number of aromatic nitrogens is 3. The molecule has 1 aromatic heterocycles. The molecule has 7 nitrogen and oxygen atoms in total. The summed E-state index contributed by atoms with van der Waals surface area (Å²) in [5.41, 5.74) is -0.108. The maximum Gasteiger partial charge on any atom is 0.291 e. The quantitative estimate of drug-likeness (QED) is 0.806. The number of H-pyrrole nitrogens is 1. The standard InChI is InChI=1S/C13H23N5O2/c1-4-10-15-11(17-16-10)12(19)14-9-13(2,3)18-5-7-20-8-6-18/h4-9H2,1-3H3,(H,14,19)(H,15,16,17). The smallest absolute Gasteiger partial charge is 0.291 e. The van der Waals surface area contributed by atoms with E-state index in [9.17, 15) is 4.79 Å². The lowest BCUT2D eigenvalue weighted by molar-refractivity contribution is -0.00926. The van der Waals surface area contributed by atoms with Crippen molar-refractivity contribution in [1.82, 2.24) is 25.4 Å². The van der Waals surface area contributed by atoms with Crippen LogP contribution in [0.2, 0.25) is 0 Å². The highest BCUT2D eigenvalue weighted by atomic mass is 16.5. The van der Waals surface area contributed by atoms with Gasteiger partial charge < -0.3 is 10.1 Å². The average Bonchev–Trinajstić information content (AvgIpc) is 2.95. The van der Waals surface area contributed by atoms with Gasteiger partial charge in [-0.2, -0.15) is 0 Å². The fourth-order valence-electron chi connectivity index (χ4n) is 2.21. The van der Waals surface area contributed by atoms with Crippen molar-refractivity contribution in [3.8, 4) is 0 Å². The van der Waals surface area contributed by atoms with E-state index < -0.39 is 0 Å². The van der Waals surface area contributed by atoms with E-state index in [1.165, 1.54) is 0 Å². The van der Waals surface area contributed by atoms with Gasteiger partial charge in [-0.3, -0.25) is 14.8 Å². The lowest BCUT2D eigenvalue weighted by atomic mass is 10.0. The molecule has 7 heteroatoms. The van der Waals surface area contributed by atoms with Crippen molar-refractivity contribution in [2.45, 2.75) is 32.7 Å². The summed E-state index contributed by atoms with van der Waals surface area (Å²) in [5, 5.41) is 9.57. The van der Waals surface area contributed by atoms with Crippen molar-refractivity contribution in [3.63, 3.8) is 0 Å². The normalized spacial score (nSPS) is 17.1. The third kappa shape index (κ3) is 3.55. The zero-order valence-corrected chi connectivity index (χ0v) is 12.4. The van der Waals surface area contributed by atoms with Crippen molar-refractivity contribution < 1.29 is 9.53 Å². The zero-order valence-electron chi connectivity index (χ0n) is 12.4. The van der Waals surface area contributed by atoms with E-state index in [2.05, 4.69) is 39.2 Å². The minimum Gasteiger partial charge on any atom is -0.379 e. The predicted molar refractivity (Wildman–Crippen MR) is 74.6 cm³/mol. The first-order valence-electron chi connectivity index (χ1n) is 7.05. The van der Waals surface area contributed by atoms with Gasteiger partial charge in [-0.05, 0) is 13.8 Å². The summed E-state index contributed by atoms with van der Waals surface area (Å²) in [6.45, 7) is 10.0. The van der Waals surface area contributed by atoms with Crippen molar-refractivity contribution in [1.29, 1.82) is 0 Å². The van der Waals surface area contributed by atoms with E-state index >= 15 is 0 Å². The first-order valence-corrected chi connectivity index (χ1v) is 7.05. The fourth-order valence-corrected chi connectivity index (χ4v) is 2.21. The molecule has 1 fully saturated rings. The van der Waals surface area contributed by atoms with Crippen LogP contribution in [0.4, 0.5) is 0 Å². The molecule has 1 saturated heterocycles. The Labute approximate surface area is 119 Å². The van der Waals surface area contributed by atoms with E-state index in [-0.39, 0.29) is 17.3 Å². The molecular formula is C13H23N5O2. The van der Waals surface area contributed by atoms with E-state index in [1.54, 1.807) is 0 Å². The highest BCUT2D eigenvalue weighted by Crippen LogP contribution is 2.15. The number of hydrogen-bond donors (Lipinski definition) is 2. The summed E-state index contributed by atoms with van der Waals surface area (Å²) in [7, 11) is 0. The molecule has 0 atom stereocenters. The maximum atomic E-state index is 12.0. The van der Waals surface area contributed by atoms with Crippen LogP contribution >= 0.6 is 0 Å². The molecule has 1 aromatic rings. The van der Waals surface area contributed by atoms with Crippen LogP contribution in [0.1, 0.15) is 37.2 Å². The van der Waals surface area contributed by atoms with Crippen LogP contribution in [0.3, 0.4) is 0 Å². The Bertz CT molecular complexity index is 451. The van der Waals surface area contributed by atoms with Crippen LogP contribution < -0.4 is 5.32 Å². The Morgan fingerprint density at radius 1 is 1.45 bits per heavy atom. The summed E-state index contributed by atoms with van der Waals surface area (Å²) in [6.07, 6.45) is 0.736. The second-order valence-electron chi connectivity index (χ2n) is 5.55. The van der Waals surface area contributed by atoms with Gasteiger partial charge >= 0.3 is 0 Å². The van der Waals surface area contributed by atoms with E-state index in [1.807, 2.05) is 6.92 Å². The number of morpholine rings is 1. The molecule has 2 rings (SSSR count). The third-order valence-corrected chi connectivity index (χ3v) is 3.62. The second kappa shape index (κ2) is 6.32. The minimum absolute atomic E-state index is 0.108. The van der Waals surface area contributed by atoms with Gasteiger partial charge in [0.05, 0.1) is 13.2 Å². The summed E-state index contributed by atoms with van der Waals surface area (Å²) in [4.78, 5) is 18.5. The Hall–Kier alpha value is -1.47. The lowest BCUT2D eigenvalue weighted by Gasteiger charge is -2.40. The molecule has 112 valence electrons. The summed E-state index contributed by atoms with van der Waals surface area (Å²) >= 11 is 0. The van der Waals surface area contributed by atoms with Gasteiger partial charge in [-0.1, -0.05) is 6.92 Å². The molecule has 1 aliphatic heterocycles. The minimum atomic E-state index is -0.234. The fraction of sp³-hybridized carbons (Fsp3) is 0.769. The van der Waals surface area contributed by atoms with Crippen LogP contribution in [0.25, 0.3) is 0 Å². The number of carbonyl (C=O) groups is 1. The summed E-state index contributed by atoms with van der Waals surface area (Å²) in [6, 6.07) is 0. The molecule has 0 bridgehead atoms. The number of amides is 1. The molecule has 0 radical (unpaired) electrons. The Kier molecular flexibility index (Phi) is 4.72.